The van der Waals surface area contributed by atoms with Gasteiger partial charge in [-0.2, -0.15) is 4.31 Å². The Morgan fingerprint density at radius 1 is 1.03 bits per heavy atom. The number of piperidine rings is 1. The van der Waals surface area contributed by atoms with Gasteiger partial charge in [0, 0.05) is 19.1 Å². The highest BCUT2D eigenvalue weighted by Crippen LogP contribution is 2.23. The summed E-state index contributed by atoms with van der Waals surface area (Å²) in [6, 6.07) is 14.7. The van der Waals surface area contributed by atoms with Crippen LogP contribution in [0.25, 0.3) is 0 Å². The third-order valence-corrected chi connectivity index (χ3v) is 7.64. The summed E-state index contributed by atoms with van der Waals surface area (Å²) >= 11 is 0. The molecule has 0 spiro atoms. The summed E-state index contributed by atoms with van der Waals surface area (Å²) in [5, 5.41) is 3.07. The van der Waals surface area contributed by atoms with Gasteiger partial charge in [0.15, 0.2) is 0 Å². The number of sulfonamides is 1. The fourth-order valence-electron chi connectivity index (χ4n) is 3.81. The van der Waals surface area contributed by atoms with Crippen LogP contribution in [0, 0.1) is 0 Å². The summed E-state index contributed by atoms with van der Waals surface area (Å²) in [7, 11) is -1.99. The molecule has 2 aromatic carbocycles. The second-order valence-corrected chi connectivity index (χ2v) is 9.96. The van der Waals surface area contributed by atoms with E-state index in [2.05, 4.69) is 24.4 Å². The summed E-state index contributed by atoms with van der Waals surface area (Å²) in [5.41, 5.74) is 2.30. The van der Waals surface area contributed by atoms with Gasteiger partial charge in [-0.3, -0.25) is 4.79 Å². The van der Waals surface area contributed by atoms with Gasteiger partial charge in [0.25, 0.3) is 0 Å². The van der Waals surface area contributed by atoms with E-state index in [0.29, 0.717) is 38.1 Å². The Balaban J connectivity index is 1.48. The van der Waals surface area contributed by atoms with Crippen molar-refractivity contribution in [2.24, 2.45) is 0 Å². The second kappa shape index (κ2) is 10.8. The molecule has 3 rings (SSSR count). The van der Waals surface area contributed by atoms with Crippen LogP contribution in [0.15, 0.2) is 53.4 Å². The molecule has 0 radical (unpaired) electrons. The Kier molecular flexibility index (Phi) is 8.09. The molecule has 0 atom stereocenters. The summed E-state index contributed by atoms with van der Waals surface area (Å²) in [6.07, 6.45) is 4.98. The number of nitrogens with one attached hydrogen (secondary N) is 1. The van der Waals surface area contributed by atoms with Gasteiger partial charge >= 0.3 is 0 Å². The Bertz CT molecular complexity index is 948. The topological polar surface area (TPSA) is 75.7 Å². The number of nitrogens with zero attached hydrogens (tertiary/aromatic N) is 1. The summed E-state index contributed by atoms with van der Waals surface area (Å²) < 4.78 is 32.3. The maximum Gasteiger partial charge on any atom is 0.243 e. The number of ether oxygens (including phenoxy) is 1. The van der Waals surface area contributed by atoms with Crippen molar-refractivity contribution in [3.63, 3.8) is 0 Å². The van der Waals surface area contributed by atoms with Crippen molar-refractivity contribution in [1.82, 2.24) is 9.62 Å². The number of amides is 1. The molecule has 6 nitrogen and oxygen atoms in total. The Morgan fingerprint density at radius 2 is 1.65 bits per heavy atom. The van der Waals surface area contributed by atoms with Gasteiger partial charge in [-0.1, -0.05) is 37.6 Å². The molecule has 0 aromatic heterocycles. The van der Waals surface area contributed by atoms with E-state index in [4.69, 9.17) is 4.74 Å². The number of hydrogen-bond acceptors (Lipinski definition) is 4. The van der Waals surface area contributed by atoms with E-state index in [0.717, 1.165) is 12.0 Å². The Morgan fingerprint density at radius 3 is 2.23 bits per heavy atom. The SMILES string of the molecule is CCCCc1ccc(CC(=O)NC2CCN(S(=O)(=O)c3ccc(OC)cc3)CC2)cc1. The van der Waals surface area contributed by atoms with Gasteiger partial charge in [0.05, 0.1) is 18.4 Å². The molecular weight excluding hydrogens is 412 g/mol. The molecule has 7 heteroatoms. The molecular formula is C24H32N2O4S. The van der Waals surface area contributed by atoms with Crippen LogP contribution in [0.4, 0.5) is 0 Å². The summed E-state index contributed by atoms with van der Waals surface area (Å²) in [4.78, 5) is 12.7. The molecule has 1 N–H and O–H groups in total. The number of hydrogen-bond donors (Lipinski definition) is 1. The van der Waals surface area contributed by atoms with E-state index in [1.165, 1.54) is 22.7 Å². The predicted molar refractivity (Wildman–Crippen MR) is 122 cm³/mol. The van der Waals surface area contributed by atoms with Gasteiger partial charge in [-0.25, -0.2) is 8.42 Å². The van der Waals surface area contributed by atoms with Gasteiger partial charge in [0.2, 0.25) is 15.9 Å². The second-order valence-electron chi connectivity index (χ2n) is 8.02. The van der Waals surface area contributed by atoms with Gasteiger partial charge < -0.3 is 10.1 Å². The number of carbonyl (C=O) groups is 1. The minimum Gasteiger partial charge on any atom is -0.497 e. The minimum absolute atomic E-state index is 0.00125. The third-order valence-electron chi connectivity index (χ3n) is 5.72. The number of aryl methyl sites for hydroxylation is 1. The van der Waals surface area contributed by atoms with Gasteiger partial charge in [-0.15, -0.1) is 0 Å². The first-order chi connectivity index (χ1) is 14.9. The Labute approximate surface area is 185 Å². The quantitative estimate of drug-likeness (QED) is 0.642. The van der Waals surface area contributed by atoms with Crippen molar-refractivity contribution >= 4 is 15.9 Å². The molecule has 1 aliphatic heterocycles. The van der Waals surface area contributed by atoms with Crippen LogP contribution in [0.3, 0.4) is 0 Å². The molecule has 1 heterocycles. The molecule has 1 saturated heterocycles. The van der Waals surface area contributed by atoms with Crippen molar-refractivity contribution in [3.8, 4) is 5.75 Å². The van der Waals surface area contributed by atoms with Crippen LogP contribution in [0.2, 0.25) is 0 Å². The number of carbonyl (C=O) groups excluding carboxylic acids is 1. The van der Waals surface area contributed by atoms with E-state index in [-0.39, 0.29) is 16.8 Å². The van der Waals surface area contributed by atoms with E-state index < -0.39 is 10.0 Å². The molecule has 168 valence electrons. The van der Waals surface area contributed by atoms with E-state index in [9.17, 15) is 13.2 Å². The lowest BCUT2D eigenvalue weighted by Gasteiger charge is -2.31. The zero-order valence-electron chi connectivity index (χ0n) is 18.3. The summed E-state index contributed by atoms with van der Waals surface area (Å²) in [6.45, 7) is 2.97. The lowest BCUT2D eigenvalue weighted by molar-refractivity contribution is -0.121. The third kappa shape index (κ3) is 6.31. The van der Waals surface area contributed by atoms with Crippen molar-refractivity contribution in [2.75, 3.05) is 20.2 Å². The molecule has 1 amide bonds. The number of methoxy groups -OCH3 is 1. The number of rotatable bonds is 9. The van der Waals surface area contributed by atoms with Crippen molar-refractivity contribution in [2.45, 2.75) is 56.4 Å². The van der Waals surface area contributed by atoms with Crippen LogP contribution >= 0.6 is 0 Å². The zero-order chi connectivity index (χ0) is 22.3. The average Bonchev–Trinajstić information content (AvgIpc) is 2.79. The first-order valence-corrected chi connectivity index (χ1v) is 12.4. The zero-order valence-corrected chi connectivity index (χ0v) is 19.2. The number of benzene rings is 2. The predicted octanol–water partition coefficient (Wildman–Crippen LogP) is 3.55. The monoisotopic (exact) mass is 444 g/mol. The fourth-order valence-corrected chi connectivity index (χ4v) is 5.28. The largest absolute Gasteiger partial charge is 0.497 e. The molecule has 2 aromatic rings. The van der Waals surface area contributed by atoms with Crippen LogP contribution < -0.4 is 10.1 Å². The minimum atomic E-state index is -3.53. The molecule has 0 unspecified atom stereocenters. The molecule has 0 bridgehead atoms. The highest BCUT2D eigenvalue weighted by Gasteiger charge is 2.29. The lowest BCUT2D eigenvalue weighted by atomic mass is 10.0. The smallest absolute Gasteiger partial charge is 0.243 e. The molecule has 31 heavy (non-hydrogen) atoms. The van der Waals surface area contributed by atoms with Crippen LogP contribution in [-0.2, 0) is 27.7 Å². The summed E-state index contributed by atoms with van der Waals surface area (Å²) in [5.74, 6) is 0.605. The number of unbranched alkanes of at least 4 members (excludes halogenated alkanes) is 1. The highest BCUT2D eigenvalue weighted by molar-refractivity contribution is 7.89. The van der Waals surface area contributed by atoms with Crippen LogP contribution in [0.1, 0.15) is 43.7 Å². The van der Waals surface area contributed by atoms with E-state index in [1.807, 2.05) is 12.1 Å². The molecule has 1 aliphatic rings. The highest BCUT2D eigenvalue weighted by atomic mass is 32.2. The molecule has 1 fully saturated rings. The van der Waals surface area contributed by atoms with Crippen molar-refractivity contribution in [3.05, 3.63) is 59.7 Å². The van der Waals surface area contributed by atoms with Crippen LogP contribution in [-0.4, -0.2) is 44.9 Å². The van der Waals surface area contributed by atoms with Crippen molar-refractivity contribution in [1.29, 1.82) is 0 Å². The van der Waals surface area contributed by atoms with Gasteiger partial charge in [-0.05, 0) is 61.1 Å². The fraction of sp³-hybridized carbons (Fsp3) is 0.458. The van der Waals surface area contributed by atoms with Crippen molar-refractivity contribution < 1.29 is 17.9 Å². The Hall–Kier alpha value is -2.38. The van der Waals surface area contributed by atoms with E-state index >= 15 is 0 Å². The van der Waals surface area contributed by atoms with E-state index in [1.54, 1.807) is 31.4 Å². The first kappa shape index (κ1) is 23.3. The molecule has 0 aliphatic carbocycles. The standard InChI is InChI=1S/C24H32N2O4S/c1-3-4-5-19-6-8-20(9-7-19)18-24(27)25-21-14-16-26(17-15-21)31(28,29)23-12-10-22(30-2)11-13-23/h6-13,21H,3-5,14-18H2,1-2H3,(H,25,27). The maximum absolute atomic E-state index is 12.8. The van der Waals surface area contributed by atoms with Crippen LogP contribution in [0.5, 0.6) is 5.75 Å². The normalized spacial score (nSPS) is 15.5. The maximum atomic E-state index is 12.8. The van der Waals surface area contributed by atoms with Gasteiger partial charge in [0.1, 0.15) is 5.75 Å². The molecule has 0 saturated carbocycles. The first-order valence-electron chi connectivity index (χ1n) is 10.9. The average molecular weight is 445 g/mol. The lowest BCUT2D eigenvalue weighted by Crippen LogP contribution is -2.46.